The number of carbonyl (C=O) groups is 1. The summed E-state index contributed by atoms with van der Waals surface area (Å²) in [6.45, 7) is 8.43. The van der Waals surface area contributed by atoms with Gasteiger partial charge in [0.05, 0.1) is 0 Å². The lowest BCUT2D eigenvalue weighted by Gasteiger charge is -2.32. The molecule has 1 aromatic carbocycles. The van der Waals surface area contributed by atoms with Crippen LogP contribution in [0.2, 0.25) is 0 Å². The second kappa shape index (κ2) is 8.95. The Balaban J connectivity index is 1.44. The van der Waals surface area contributed by atoms with E-state index < -0.39 is 6.10 Å². The Bertz CT molecular complexity index is 738. The highest BCUT2D eigenvalue weighted by Crippen LogP contribution is 2.14. The number of nitrogens with zero attached hydrogens (tertiary/aromatic N) is 3. The van der Waals surface area contributed by atoms with Crippen molar-refractivity contribution in [3.05, 3.63) is 53.3 Å². The zero-order valence-electron chi connectivity index (χ0n) is 16.3. The lowest BCUT2D eigenvalue weighted by Crippen LogP contribution is -2.48. The molecule has 0 aliphatic carbocycles. The normalized spacial score (nSPS) is 16.7. The second-order valence-electron chi connectivity index (χ2n) is 7.24. The molecule has 1 fully saturated rings. The van der Waals surface area contributed by atoms with Gasteiger partial charge in [0.2, 0.25) is 0 Å². The molecular weight excluding hydrogens is 340 g/mol. The number of aryl methyl sites for hydroxylation is 2. The molecule has 1 atom stereocenters. The fourth-order valence-corrected chi connectivity index (χ4v) is 3.35. The van der Waals surface area contributed by atoms with E-state index in [1.165, 1.54) is 5.56 Å². The molecule has 0 saturated carbocycles. The van der Waals surface area contributed by atoms with Gasteiger partial charge in [-0.3, -0.25) is 9.69 Å². The first-order valence-corrected chi connectivity index (χ1v) is 9.55. The Morgan fingerprint density at radius 3 is 2.44 bits per heavy atom. The molecule has 1 aliphatic heterocycles. The van der Waals surface area contributed by atoms with Gasteiger partial charge >= 0.3 is 6.01 Å². The summed E-state index contributed by atoms with van der Waals surface area (Å²) >= 11 is 0. The predicted octanol–water partition coefficient (Wildman–Crippen LogP) is 2.64. The minimum Gasteiger partial charge on any atom is -0.450 e. The molecule has 1 aromatic heterocycles. The first-order valence-electron chi connectivity index (χ1n) is 9.55. The maximum Gasteiger partial charge on any atom is 0.317 e. The van der Waals surface area contributed by atoms with Crippen LogP contribution in [0, 0.1) is 13.8 Å². The van der Waals surface area contributed by atoms with E-state index in [2.05, 4.69) is 44.5 Å². The number of hydrogen-bond donors (Lipinski definition) is 1. The summed E-state index contributed by atoms with van der Waals surface area (Å²) in [5, 5.41) is 3.11. The van der Waals surface area contributed by atoms with E-state index in [-0.39, 0.29) is 18.0 Å². The number of amides is 1. The fraction of sp³-hybridized carbons (Fsp3) is 0.476. The van der Waals surface area contributed by atoms with Crippen molar-refractivity contribution in [2.24, 2.45) is 0 Å². The highest BCUT2D eigenvalue weighted by molar-refractivity contribution is 5.80. The summed E-state index contributed by atoms with van der Waals surface area (Å²) in [5.74, 6) is -0.112. The van der Waals surface area contributed by atoms with Crippen LogP contribution in [-0.2, 0) is 11.3 Å². The van der Waals surface area contributed by atoms with Crippen LogP contribution in [0.4, 0.5) is 0 Å². The van der Waals surface area contributed by atoms with Gasteiger partial charge in [0.25, 0.3) is 5.91 Å². The maximum absolute atomic E-state index is 12.5. The first-order chi connectivity index (χ1) is 13.0. The Morgan fingerprint density at radius 1 is 1.19 bits per heavy atom. The van der Waals surface area contributed by atoms with Crippen molar-refractivity contribution < 1.29 is 9.53 Å². The number of likely N-dealkylation sites (tertiary alicyclic amines) is 1. The van der Waals surface area contributed by atoms with Gasteiger partial charge < -0.3 is 10.1 Å². The number of hydrogen-bond acceptors (Lipinski definition) is 5. The number of ether oxygens (including phenoxy) is 1. The number of rotatable bonds is 6. The van der Waals surface area contributed by atoms with Gasteiger partial charge in [-0.15, -0.1) is 0 Å². The topological polar surface area (TPSA) is 67.3 Å². The highest BCUT2D eigenvalue weighted by atomic mass is 16.5. The summed E-state index contributed by atoms with van der Waals surface area (Å²) in [6.07, 6.45) is 1.28. The predicted molar refractivity (Wildman–Crippen MR) is 104 cm³/mol. The molecule has 1 amide bonds. The summed E-state index contributed by atoms with van der Waals surface area (Å²) in [5.41, 5.74) is 2.99. The molecule has 3 rings (SSSR count). The monoisotopic (exact) mass is 368 g/mol. The Labute approximate surface area is 161 Å². The summed E-state index contributed by atoms with van der Waals surface area (Å²) < 4.78 is 5.63. The molecule has 6 nitrogen and oxygen atoms in total. The van der Waals surface area contributed by atoms with Crippen molar-refractivity contribution >= 4 is 5.91 Å². The second-order valence-corrected chi connectivity index (χ2v) is 7.24. The van der Waals surface area contributed by atoms with Gasteiger partial charge in [0.15, 0.2) is 6.10 Å². The van der Waals surface area contributed by atoms with Gasteiger partial charge in [-0.2, -0.15) is 0 Å². The van der Waals surface area contributed by atoms with Gasteiger partial charge in [0, 0.05) is 37.1 Å². The molecule has 1 unspecified atom stereocenters. The van der Waals surface area contributed by atoms with Crippen molar-refractivity contribution in [3.63, 3.8) is 0 Å². The third-order valence-electron chi connectivity index (χ3n) is 4.80. The van der Waals surface area contributed by atoms with E-state index in [0.29, 0.717) is 0 Å². The average Bonchev–Trinajstić information content (AvgIpc) is 2.63. The fourth-order valence-electron chi connectivity index (χ4n) is 3.35. The minimum atomic E-state index is -0.617. The average molecular weight is 368 g/mol. The number of carbonyl (C=O) groups excluding carboxylic acids is 1. The number of nitrogens with one attached hydrogen (secondary N) is 1. The lowest BCUT2D eigenvalue weighted by molar-refractivity contribution is -0.128. The molecule has 0 radical (unpaired) electrons. The smallest absolute Gasteiger partial charge is 0.317 e. The summed E-state index contributed by atoms with van der Waals surface area (Å²) in [4.78, 5) is 23.4. The maximum atomic E-state index is 12.5. The van der Waals surface area contributed by atoms with Crippen LogP contribution in [0.3, 0.4) is 0 Å². The van der Waals surface area contributed by atoms with Crippen LogP contribution >= 0.6 is 0 Å². The van der Waals surface area contributed by atoms with Crippen molar-refractivity contribution in [1.82, 2.24) is 20.2 Å². The SMILES string of the molecule is Cc1cc(C)nc(OC(C)C(=O)NC2CCN(Cc3ccccc3)CC2)n1. The van der Waals surface area contributed by atoms with Crippen molar-refractivity contribution in [1.29, 1.82) is 0 Å². The zero-order valence-corrected chi connectivity index (χ0v) is 16.3. The number of benzene rings is 1. The molecule has 1 N–H and O–H groups in total. The van der Waals surface area contributed by atoms with Gasteiger partial charge in [-0.1, -0.05) is 30.3 Å². The Kier molecular flexibility index (Phi) is 6.40. The largest absolute Gasteiger partial charge is 0.450 e. The van der Waals surface area contributed by atoms with Crippen LogP contribution < -0.4 is 10.1 Å². The quantitative estimate of drug-likeness (QED) is 0.849. The van der Waals surface area contributed by atoms with Crippen LogP contribution in [0.1, 0.15) is 36.7 Å². The van der Waals surface area contributed by atoms with Crippen LogP contribution in [0.5, 0.6) is 6.01 Å². The van der Waals surface area contributed by atoms with E-state index >= 15 is 0 Å². The van der Waals surface area contributed by atoms with Gasteiger partial charge in [-0.05, 0) is 45.2 Å². The number of piperidine rings is 1. The third-order valence-corrected chi connectivity index (χ3v) is 4.80. The molecule has 27 heavy (non-hydrogen) atoms. The van der Waals surface area contributed by atoms with Crippen molar-refractivity contribution in [2.45, 2.75) is 52.3 Å². The van der Waals surface area contributed by atoms with Gasteiger partial charge in [0.1, 0.15) is 0 Å². The molecule has 1 aliphatic rings. The first kappa shape index (κ1) is 19.3. The van der Waals surface area contributed by atoms with E-state index in [1.54, 1.807) is 6.92 Å². The molecule has 144 valence electrons. The molecule has 6 heteroatoms. The Morgan fingerprint density at radius 2 is 1.81 bits per heavy atom. The molecule has 2 aromatic rings. The Hall–Kier alpha value is -2.47. The molecular formula is C21H28N4O2. The molecule has 1 saturated heterocycles. The van der Waals surface area contributed by atoms with Crippen LogP contribution in [0.15, 0.2) is 36.4 Å². The number of aromatic nitrogens is 2. The minimum absolute atomic E-state index is 0.112. The molecule has 0 bridgehead atoms. The van der Waals surface area contributed by atoms with Crippen LogP contribution in [-0.4, -0.2) is 46.0 Å². The van der Waals surface area contributed by atoms with Crippen molar-refractivity contribution in [2.75, 3.05) is 13.1 Å². The summed E-state index contributed by atoms with van der Waals surface area (Å²) in [7, 11) is 0. The van der Waals surface area contributed by atoms with Crippen LogP contribution in [0.25, 0.3) is 0 Å². The molecule has 0 spiro atoms. The summed E-state index contributed by atoms with van der Waals surface area (Å²) in [6, 6.07) is 12.8. The van der Waals surface area contributed by atoms with E-state index in [1.807, 2.05) is 26.0 Å². The van der Waals surface area contributed by atoms with Crippen molar-refractivity contribution in [3.8, 4) is 6.01 Å². The molecule has 2 heterocycles. The van der Waals surface area contributed by atoms with E-state index in [0.717, 1.165) is 43.9 Å². The standard InChI is InChI=1S/C21H28N4O2/c1-15-13-16(2)23-21(22-15)27-17(3)20(26)24-19-9-11-25(12-10-19)14-18-7-5-4-6-8-18/h4-8,13,17,19H,9-12,14H2,1-3H3,(H,24,26). The lowest BCUT2D eigenvalue weighted by atomic mass is 10.0. The highest BCUT2D eigenvalue weighted by Gasteiger charge is 2.24. The third kappa shape index (κ3) is 5.76. The van der Waals surface area contributed by atoms with Gasteiger partial charge in [-0.25, -0.2) is 9.97 Å². The van der Waals surface area contributed by atoms with E-state index in [4.69, 9.17) is 4.74 Å². The van der Waals surface area contributed by atoms with E-state index in [9.17, 15) is 4.79 Å². The zero-order chi connectivity index (χ0) is 19.2.